The lowest BCUT2D eigenvalue weighted by atomic mass is 10.00. The number of aliphatic hydroxyl groups excluding tert-OH is 1. The normalized spacial score (nSPS) is 20.4. The Morgan fingerprint density at radius 3 is 2.39 bits per heavy atom. The third-order valence-electron chi connectivity index (χ3n) is 8.14. The SMILES string of the molecule is C=NC(=NC=Nc1ccc(N2CCN(C3COC3)CC2)cc1)c1ccc(O[C@@H]2CCN(C(=O)CO)C(C)C2)c(C#N)c1.CC.CN. The Morgan fingerprint density at radius 1 is 1.13 bits per heavy atom. The van der Waals surface area contributed by atoms with Gasteiger partial charge < -0.3 is 30.1 Å². The van der Waals surface area contributed by atoms with Gasteiger partial charge in [0.15, 0.2) is 5.84 Å². The maximum absolute atomic E-state index is 11.9. The first-order valence-corrected chi connectivity index (χ1v) is 15.9. The molecule has 5 rings (SSSR count). The molecule has 1 unspecified atom stereocenters. The van der Waals surface area contributed by atoms with E-state index in [0.717, 1.165) is 45.1 Å². The number of nitrogens with two attached hydrogens (primary N) is 1. The molecular formula is C34H48N8O4. The molecule has 0 spiro atoms. The zero-order valence-electron chi connectivity index (χ0n) is 27.5. The van der Waals surface area contributed by atoms with Gasteiger partial charge in [-0.15, -0.1) is 0 Å². The average Bonchev–Trinajstić information content (AvgIpc) is 3.08. The van der Waals surface area contributed by atoms with Crippen molar-refractivity contribution in [2.24, 2.45) is 20.7 Å². The Balaban J connectivity index is 0.00000139. The molecule has 12 nitrogen and oxygen atoms in total. The summed E-state index contributed by atoms with van der Waals surface area (Å²) in [5.41, 5.74) is 7.44. The summed E-state index contributed by atoms with van der Waals surface area (Å²) in [6.07, 6.45) is 2.53. The number of nitriles is 1. The van der Waals surface area contributed by atoms with E-state index < -0.39 is 6.61 Å². The fourth-order valence-corrected chi connectivity index (χ4v) is 5.62. The quantitative estimate of drug-likeness (QED) is 0.332. The second-order valence-corrected chi connectivity index (χ2v) is 10.8. The number of piperazine rings is 1. The molecule has 3 saturated heterocycles. The van der Waals surface area contributed by atoms with Gasteiger partial charge in [0.25, 0.3) is 0 Å². The topological polar surface area (TPSA) is 152 Å². The lowest BCUT2D eigenvalue weighted by molar-refractivity contribution is -0.138. The molecule has 2 atom stereocenters. The minimum atomic E-state index is -0.497. The van der Waals surface area contributed by atoms with E-state index in [9.17, 15) is 10.1 Å². The van der Waals surface area contributed by atoms with Crippen LogP contribution < -0.4 is 15.4 Å². The van der Waals surface area contributed by atoms with E-state index in [2.05, 4.69) is 55.4 Å². The molecule has 0 bridgehead atoms. The summed E-state index contributed by atoms with van der Waals surface area (Å²) in [7, 11) is 1.50. The van der Waals surface area contributed by atoms with Gasteiger partial charge in [-0.1, -0.05) is 13.8 Å². The molecule has 248 valence electrons. The number of ether oxygens (including phenoxy) is 2. The Kier molecular flexibility index (Phi) is 14.8. The van der Waals surface area contributed by atoms with Crippen LogP contribution in [0.1, 0.15) is 44.7 Å². The van der Waals surface area contributed by atoms with Crippen molar-refractivity contribution in [3.63, 3.8) is 0 Å². The minimum Gasteiger partial charge on any atom is -0.489 e. The van der Waals surface area contributed by atoms with Crippen molar-refractivity contribution >= 4 is 36.2 Å². The summed E-state index contributed by atoms with van der Waals surface area (Å²) in [5.74, 6) is 0.533. The Morgan fingerprint density at radius 2 is 1.83 bits per heavy atom. The van der Waals surface area contributed by atoms with E-state index in [0.29, 0.717) is 48.1 Å². The first-order chi connectivity index (χ1) is 22.5. The van der Waals surface area contributed by atoms with E-state index in [1.807, 2.05) is 32.9 Å². The van der Waals surface area contributed by atoms with Gasteiger partial charge in [-0.2, -0.15) is 5.26 Å². The largest absolute Gasteiger partial charge is 0.489 e. The number of hydrogen-bond donors (Lipinski definition) is 2. The summed E-state index contributed by atoms with van der Waals surface area (Å²) < 4.78 is 11.5. The van der Waals surface area contributed by atoms with Gasteiger partial charge in [-0.05, 0) is 63.2 Å². The molecule has 0 aliphatic carbocycles. The van der Waals surface area contributed by atoms with Crippen molar-refractivity contribution in [3.05, 3.63) is 53.6 Å². The highest BCUT2D eigenvalue weighted by Gasteiger charge is 2.30. The molecule has 46 heavy (non-hydrogen) atoms. The predicted molar refractivity (Wildman–Crippen MR) is 184 cm³/mol. The van der Waals surface area contributed by atoms with Gasteiger partial charge in [0, 0.05) is 62.9 Å². The number of amidine groups is 1. The van der Waals surface area contributed by atoms with Crippen LogP contribution in [0.2, 0.25) is 0 Å². The van der Waals surface area contributed by atoms with Crippen molar-refractivity contribution in [1.29, 1.82) is 5.26 Å². The molecule has 2 aromatic carbocycles. The molecule has 3 aliphatic rings. The Bertz CT molecular complexity index is 1360. The molecular weight excluding hydrogens is 584 g/mol. The monoisotopic (exact) mass is 632 g/mol. The van der Waals surface area contributed by atoms with Crippen LogP contribution in [-0.2, 0) is 9.53 Å². The lowest BCUT2D eigenvalue weighted by Gasteiger charge is -2.43. The molecule has 3 heterocycles. The number of benzene rings is 2. The van der Waals surface area contributed by atoms with Crippen LogP contribution in [0, 0.1) is 11.3 Å². The van der Waals surface area contributed by atoms with Gasteiger partial charge in [-0.3, -0.25) is 9.69 Å². The number of nitrogens with zero attached hydrogens (tertiary/aromatic N) is 7. The fraction of sp³-hybridized carbons (Fsp3) is 0.500. The second-order valence-electron chi connectivity index (χ2n) is 10.8. The van der Waals surface area contributed by atoms with Gasteiger partial charge in [0.2, 0.25) is 5.91 Å². The third kappa shape index (κ3) is 9.43. The number of carbonyl (C=O) groups excluding carboxylic acids is 1. The molecule has 12 heteroatoms. The number of rotatable bonds is 8. The number of hydrogen-bond acceptors (Lipinski definition) is 9. The second kappa shape index (κ2) is 18.7. The van der Waals surface area contributed by atoms with E-state index in [-0.39, 0.29) is 18.1 Å². The van der Waals surface area contributed by atoms with Crippen molar-refractivity contribution in [2.75, 3.05) is 64.5 Å². The smallest absolute Gasteiger partial charge is 0.248 e. The summed E-state index contributed by atoms with van der Waals surface area (Å²) in [4.78, 5) is 31.3. The highest BCUT2D eigenvalue weighted by Crippen LogP contribution is 2.27. The standard InChI is InChI=1S/C31H37N7O4.C2H6.CH5N/c1-22-15-28(9-10-38(22)30(40)18-39)42-29-8-3-23(16-24(29)17-32)31(33-2)35-21-34-25-4-6-26(7-5-25)36-11-13-37(14-12-36)27-19-41-20-27;2*1-2/h3-8,16,21-22,27-28,39H,2,9-15,18-20H2,1H3;1-2H3;2H2,1H3/t22?,28-;;/m1../s1. The molecule has 2 aromatic rings. The fourth-order valence-electron chi connectivity index (χ4n) is 5.62. The molecule has 3 aliphatic heterocycles. The number of likely N-dealkylation sites (tertiary alicyclic amines) is 1. The number of aliphatic hydroxyl groups is 1. The first-order valence-electron chi connectivity index (χ1n) is 15.9. The third-order valence-corrected chi connectivity index (χ3v) is 8.14. The number of piperidine rings is 1. The van der Waals surface area contributed by atoms with E-state index in [1.54, 1.807) is 23.1 Å². The van der Waals surface area contributed by atoms with E-state index in [4.69, 9.17) is 14.6 Å². The van der Waals surface area contributed by atoms with Crippen molar-refractivity contribution in [1.82, 2.24) is 9.80 Å². The van der Waals surface area contributed by atoms with Crippen molar-refractivity contribution < 1.29 is 19.4 Å². The summed E-state index contributed by atoms with van der Waals surface area (Å²) in [5, 5.41) is 18.9. The van der Waals surface area contributed by atoms with Gasteiger partial charge in [-0.25, -0.2) is 15.0 Å². The number of carbonyl (C=O) groups is 1. The highest BCUT2D eigenvalue weighted by atomic mass is 16.5. The molecule has 0 saturated carbocycles. The van der Waals surface area contributed by atoms with Crippen LogP contribution >= 0.6 is 0 Å². The van der Waals surface area contributed by atoms with Gasteiger partial charge in [0.05, 0.1) is 30.5 Å². The lowest BCUT2D eigenvalue weighted by Crippen LogP contribution is -2.56. The van der Waals surface area contributed by atoms with Gasteiger partial charge >= 0.3 is 0 Å². The summed E-state index contributed by atoms with van der Waals surface area (Å²) in [6, 6.07) is 16.0. The number of aliphatic imine (C=N–C) groups is 3. The first kappa shape index (κ1) is 36.3. The minimum absolute atomic E-state index is 0.0596. The zero-order valence-corrected chi connectivity index (χ0v) is 27.5. The Hall–Kier alpha value is -4.15. The molecule has 3 fully saturated rings. The maximum Gasteiger partial charge on any atom is 0.248 e. The van der Waals surface area contributed by atoms with Crippen molar-refractivity contribution in [3.8, 4) is 11.8 Å². The van der Waals surface area contributed by atoms with Crippen LogP contribution in [0.5, 0.6) is 5.75 Å². The molecule has 1 amide bonds. The summed E-state index contributed by atoms with van der Waals surface area (Å²) >= 11 is 0. The summed E-state index contributed by atoms with van der Waals surface area (Å²) in [6.45, 7) is 15.4. The zero-order chi connectivity index (χ0) is 33.5. The molecule has 0 radical (unpaired) electrons. The Labute approximate surface area is 272 Å². The average molecular weight is 633 g/mol. The van der Waals surface area contributed by atoms with E-state index >= 15 is 0 Å². The van der Waals surface area contributed by atoms with Crippen LogP contribution in [0.4, 0.5) is 11.4 Å². The predicted octanol–water partition coefficient (Wildman–Crippen LogP) is 3.24. The maximum atomic E-state index is 11.9. The van der Waals surface area contributed by atoms with Crippen LogP contribution in [-0.4, -0.2) is 117 Å². The number of anilines is 1. The van der Waals surface area contributed by atoms with Crippen molar-refractivity contribution in [2.45, 2.75) is 51.8 Å². The number of amides is 1. The van der Waals surface area contributed by atoms with Crippen LogP contribution in [0.3, 0.4) is 0 Å². The molecule has 3 N–H and O–H groups in total. The van der Waals surface area contributed by atoms with Crippen LogP contribution in [0.15, 0.2) is 57.4 Å². The van der Waals surface area contributed by atoms with Crippen LogP contribution in [0.25, 0.3) is 0 Å². The highest BCUT2D eigenvalue weighted by molar-refractivity contribution is 6.05. The van der Waals surface area contributed by atoms with E-state index in [1.165, 1.54) is 19.1 Å². The van der Waals surface area contributed by atoms with Gasteiger partial charge in [0.1, 0.15) is 30.9 Å². The molecule has 0 aromatic heterocycles.